The molecule has 3 saturated heterocycles. The molecular weight excluding hydrogens is 852 g/mol. The van der Waals surface area contributed by atoms with E-state index < -0.39 is 57.3 Å². The van der Waals surface area contributed by atoms with Gasteiger partial charge in [-0.15, -0.1) is 0 Å². The monoisotopic (exact) mass is 891 g/mol. The quantitative estimate of drug-likeness (QED) is 0.174. The van der Waals surface area contributed by atoms with Crippen molar-refractivity contribution < 1.29 is 50.3 Å². The van der Waals surface area contributed by atoms with Gasteiger partial charge in [-0.05, 0) is 55.7 Å². The normalized spacial score (nSPS) is 18.6. The van der Waals surface area contributed by atoms with Gasteiger partial charge in [-0.25, -0.2) is 18.4 Å². The molecule has 4 aromatic rings. The number of benzene rings is 2. The fraction of sp³-hybridized carbons (Fsp3) is 0.375. The van der Waals surface area contributed by atoms with E-state index >= 15 is 0 Å². The molecule has 330 valence electrons. The minimum absolute atomic E-state index is 0.0370. The van der Waals surface area contributed by atoms with Crippen molar-refractivity contribution in [3.63, 3.8) is 0 Å². The summed E-state index contributed by atoms with van der Waals surface area (Å²) in [5.41, 5.74) is 0.716. The number of carbonyl (C=O) groups is 5. The molecule has 19 nitrogen and oxygen atoms in total. The first-order valence-electron chi connectivity index (χ1n) is 19.8. The summed E-state index contributed by atoms with van der Waals surface area (Å²) in [4.78, 5) is 84.5. The lowest BCUT2D eigenvalue weighted by atomic mass is 10.0. The first-order chi connectivity index (χ1) is 29.9. The van der Waals surface area contributed by atoms with Crippen molar-refractivity contribution in [3.05, 3.63) is 89.0 Å². The number of alkyl halides is 3. The second-order valence-corrected chi connectivity index (χ2v) is 17.4. The van der Waals surface area contributed by atoms with Crippen molar-refractivity contribution in [2.45, 2.75) is 56.7 Å². The van der Waals surface area contributed by atoms with E-state index in [1.54, 1.807) is 41.3 Å². The molecule has 0 spiro atoms. The second kappa shape index (κ2) is 16.8. The molecule has 6 heterocycles. The number of imide groups is 2. The van der Waals surface area contributed by atoms with Crippen LogP contribution in [0.4, 0.5) is 42.1 Å². The van der Waals surface area contributed by atoms with Crippen LogP contribution in [0.25, 0.3) is 0 Å². The van der Waals surface area contributed by atoms with Crippen LogP contribution in [-0.2, 0) is 37.1 Å². The van der Waals surface area contributed by atoms with Crippen LogP contribution in [0, 0.1) is 0 Å². The highest BCUT2D eigenvalue weighted by Crippen LogP contribution is 2.36. The fourth-order valence-electron chi connectivity index (χ4n) is 7.77. The topological polar surface area (TPSA) is 229 Å². The minimum atomic E-state index is -4.83. The van der Waals surface area contributed by atoms with E-state index in [0.717, 1.165) is 21.1 Å². The number of nitrogens with zero attached hydrogens (tertiary/aromatic N) is 8. The Kier molecular flexibility index (Phi) is 11.5. The van der Waals surface area contributed by atoms with Crippen molar-refractivity contribution in [1.29, 1.82) is 0 Å². The lowest BCUT2D eigenvalue weighted by molar-refractivity contribution is -0.138. The molecule has 2 aromatic heterocycles. The number of aromatic nitrogens is 4. The molecule has 4 aliphatic heterocycles. The highest BCUT2D eigenvalue weighted by molar-refractivity contribution is 7.92. The molecule has 3 N–H and O–H groups in total. The molecule has 0 aliphatic carbocycles. The smallest absolute Gasteiger partial charge is 0.371 e. The number of ether oxygens (including phenoxy) is 1. The highest BCUT2D eigenvalue weighted by Gasteiger charge is 2.45. The summed E-state index contributed by atoms with van der Waals surface area (Å²) in [5, 5.41) is 7.63. The Labute approximate surface area is 358 Å². The number of rotatable bonds is 12. The number of likely N-dealkylation sites (tertiary alicyclic amines) is 1. The average Bonchev–Trinajstić information content (AvgIpc) is 3.48. The van der Waals surface area contributed by atoms with Gasteiger partial charge in [0.15, 0.2) is 5.82 Å². The van der Waals surface area contributed by atoms with Gasteiger partial charge in [0, 0.05) is 75.2 Å². The predicted octanol–water partition coefficient (Wildman–Crippen LogP) is 2.95. The third-order valence-electron chi connectivity index (χ3n) is 11.2. The number of halogens is 3. The number of sulfonamides is 1. The molecular formula is C40H40F3N11O8S. The molecule has 23 heteroatoms. The van der Waals surface area contributed by atoms with Gasteiger partial charge in [-0.2, -0.15) is 18.2 Å². The number of nitrogens with one attached hydrogen (secondary N) is 3. The summed E-state index contributed by atoms with van der Waals surface area (Å²) < 4.78 is 73.3. The average molecular weight is 892 g/mol. The summed E-state index contributed by atoms with van der Waals surface area (Å²) in [7, 11) is -2.51. The van der Waals surface area contributed by atoms with Crippen molar-refractivity contribution in [2.24, 2.45) is 0 Å². The zero-order valence-electron chi connectivity index (χ0n) is 33.8. The Bertz CT molecular complexity index is 2620. The van der Waals surface area contributed by atoms with Gasteiger partial charge in [-0.1, -0.05) is 6.07 Å². The zero-order chi connectivity index (χ0) is 44.8. The molecule has 0 saturated carbocycles. The van der Waals surface area contributed by atoms with Crippen LogP contribution in [0.15, 0.2) is 61.1 Å². The molecule has 8 rings (SSSR count). The van der Waals surface area contributed by atoms with E-state index in [1.165, 1.54) is 25.5 Å². The van der Waals surface area contributed by atoms with E-state index in [-0.39, 0.29) is 66.1 Å². The van der Waals surface area contributed by atoms with Gasteiger partial charge in [-0.3, -0.25) is 43.5 Å². The molecule has 5 amide bonds. The highest BCUT2D eigenvalue weighted by atomic mass is 32.2. The maximum Gasteiger partial charge on any atom is 0.421 e. The third kappa shape index (κ3) is 8.96. The van der Waals surface area contributed by atoms with Crippen LogP contribution in [-0.4, -0.2) is 125 Å². The molecule has 1 unspecified atom stereocenters. The molecule has 0 radical (unpaired) electrons. The summed E-state index contributed by atoms with van der Waals surface area (Å²) in [6.07, 6.45) is 0.461. The van der Waals surface area contributed by atoms with Crippen LogP contribution in [0.1, 0.15) is 68.0 Å². The van der Waals surface area contributed by atoms with Crippen molar-refractivity contribution >= 4 is 68.5 Å². The summed E-state index contributed by atoms with van der Waals surface area (Å²) in [5.74, 6) is -3.39. The Morgan fingerprint density at radius 3 is 2.40 bits per heavy atom. The SMILES string of the molecule is CN(c1nccnc1CNc1nc(Nc2cccc(C(=O)N3CC(OC4CCN(c5ccc6c(c5)C(=O)N(C5CCC(=O)NC5=O)C6=O)CC4)C3)c2)ncc1C(F)(F)F)S(C)(=O)=O. The van der Waals surface area contributed by atoms with Crippen LogP contribution in [0.5, 0.6) is 0 Å². The van der Waals surface area contributed by atoms with Crippen LogP contribution >= 0.6 is 0 Å². The van der Waals surface area contributed by atoms with Crippen LogP contribution < -0.4 is 25.2 Å². The molecule has 4 aliphatic rings. The van der Waals surface area contributed by atoms with Crippen molar-refractivity contribution in [3.8, 4) is 0 Å². The number of anilines is 5. The number of amides is 5. The van der Waals surface area contributed by atoms with Gasteiger partial charge in [0.05, 0.1) is 36.1 Å². The first kappa shape index (κ1) is 42.9. The Morgan fingerprint density at radius 1 is 0.952 bits per heavy atom. The molecule has 2 aromatic carbocycles. The maximum absolute atomic E-state index is 14.0. The van der Waals surface area contributed by atoms with Gasteiger partial charge >= 0.3 is 6.18 Å². The Hall–Kier alpha value is -6.75. The lowest BCUT2D eigenvalue weighted by Crippen LogP contribution is -2.56. The summed E-state index contributed by atoms with van der Waals surface area (Å²) >= 11 is 0. The summed E-state index contributed by atoms with van der Waals surface area (Å²) in [6.45, 7) is 1.58. The van der Waals surface area contributed by atoms with Crippen molar-refractivity contribution in [1.82, 2.24) is 35.1 Å². The standard InChI is InChI=1S/C40H40F3N11O8S/c1-51(63(2,60)61)34-30(44-12-13-45-34)19-46-33-29(40(41,42)43)18-47-39(50-33)48-23-5-3-4-22(16-23)36(57)53-20-26(21-53)62-25-10-14-52(15-11-25)24-6-7-27-28(17-24)38(59)54(37(27)58)31-8-9-32(55)49-35(31)56/h3-7,12-13,16-18,25-26,31H,8-11,14-15,19-21H2,1-2H3,(H,49,55,56)(H2,46,47,48,50). The summed E-state index contributed by atoms with van der Waals surface area (Å²) in [6, 6.07) is 10.3. The Balaban J connectivity index is 0.838. The van der Waals surface area contributed by atoms with E-state index in [9.17, 15) is 45.6 Å². The third-order valence-corrected chi connectivity index (χ3v) is 12.3. The molecule has 1 atom stereocenters. The van der Waals surface area contributed by atoms with E-state index in [4.69, 9.17) is 4.74 Å². The number of piperidine rings is 2. The fourth-order valence-corrected chi connectivity index (χ4v) is 8.23. The largest absolute Gasteiger partial charge is 0.421 e. The molecule has 0 bridgehead atoms. The number of fused-ring (bicyclic) bond motifs is 1. The van der Waals surface area contributed by atoms with Crippen LogP contribution in [0.3, 0.4) is 0 Å². The zero-order valence-corrected chi connectivity index (χ0v) is 34.6. The Morgan fingerprint density at radius 2 is 1.68 bits per heavy atom. The van der Waals surface area contributed by atoms with Crippen molar-refractivity contribution in [2.75, 3.05) is 59.3 Å². The molecule has 3 fully saturated rings. The number of hydrogen-bond acceptors (Lipinski definition) is 15. The second-order valence-electron chi connectivity index (χ2n) is 15.4. The van der Waals surface area contributed by atoms with Gasteiger partial charge in [0.1, 0.15) is 23.1 Å². The van der Waals surface area contributed by atoms with Gasteiger partial charge in [0.25, 0.3) is 17.7 Å². The van der Waals surface area contributed by atoms with E-state index in [2.05, 4.69) is 40.8 Å². The minimum Gasteiger partial charge on any atom is -0.371 e. The predicted molar refractivity (Wildman–Crippen MR) is 218 cm³/mol. The molecule has 63 heavy (non-hydrogen) atoms. The van der Waals surface area contributed by atoms with Gasteiger partial charge < -0.3 is 25.2 Å². The van der Waals surface area contributed by atoms with E-state index in [1.807, 2.05) is 0 Å². The lowest BCUT2D eigenvalue weighted by Gasteiger charge is -2.42. The number of hydrogen-bond donors (Lipinski definition) is 3. The maximum atomic E-state index is 14.0. The van der Waals surface area contributed by atoms with Gasteiger partial charge in [0.2, 0.25) is 27.8 Å². The number of carbonyl (C=O) groups excluding carboxylic acids is 5. The first-order valence-corrected chi connectivity index (χ1v) is 21.6. The van der Waals surface area contributed by atoms with Crippen LogP contribution in [0.2, 0.25) is 0 Å². The van der Waals surface area contributed by atoms with E-state index in [0.29, 0.717) is 56.5 Å².